The molecule has 0 unspecified atom stereocenters. The second kappa shape index (κ2) is 11.2. The van der Waals surface area contributed by atoms with Crippen LogP contribution in [0.15, 0.2) is 64.3 Å². The number of nitrogens with zero attached hydrogens (tertiary/aromatic N) is 2. The van der Waals surface area contributed by atoms with Gasteiger partial charge in [0.15, 0.2) is 0 Å². The first-order chi connectivity index (χ1) is 17.9. The van der Waals surface area contributed by atoms with Crippen molar-refractivity contribution in [2.75, 3.05) is 39.3 Å². The molecule has 8 nitrogen and oxygen atoms in total. The Balaban J connectivity index is 1.21. The summed E-state index contributed by atoms with van der Waals surface area (Å²) in [4.78, 5) is 30.5. The molecule has 0 aliphatic carbocycles. The Hall–Kier alpha value is -3.01. The van der Waals surface area contributed by atoms with Gasteiger partial charge in [-0.1, -0.05) is 30.3 Å². The van der Waals surface area contributed by atoms with Crippen LogP contribution in [-0.2, 0) is 16.4 Å². The fourth-order valence-corrected chi connectivity index (χ4v) is 6.99. The Morgan fingerprint density at radius 1 is 0.973 bits per heavy atom. The molecule has 3 heterocycles. The SMILES string of the molecule is O=C(NCCN1CCC(Cc2ccccc2)CC1)c1cc(=O)[nH]c2ccc(S(=O)(=O)N3CCCC3)cc12. The summed E-state index contributed by atoms with van der Waals surface area (Å²) in [7, 11) is -3.64. The van der Waals surface area contributed by atoms with Gasteiger partial charge in [-0.2, -0.15) is 4.31 Å². The zero-order chi connectivity index (χ0) is 25.8. The lowest BCUT2D eigenvalue weighted by Gasteiger charge is -2.32. The molecule has 5 rings (SSSR count). The zero-order valence-electron chi connectivity index (χ0n) is 21.0. The molecule has 3 aromatic rings. The molecule has 2 fully saturated rings. The molecule has 37 heavy (non-hydrogen) atoms. The van der Waals surface area contributed by atoms with Crippen LogP contribution in [0, 0.1) is 5.92 Å². The number of carbonyl (C=O) groups excluding carboxylic acids is 1. The van der Waals surface area contributed by atoms with Crippen molar-refractivity contribution in [1.29, 1.82) is 0 Å². The molecule has 2 aliphatic heterocycles. The number of aromatic amines is 1. The second-order valence-electron chi connectivity index (χ2n) is 10.1. The number of hydrogen-bond acceptors (Lipinski definition) is 5. The van der Waals surface area contributed by atoms with E-state index in [0.29, 0.717) is 36.5 Å². The minimum Gasteiger partial charge on any atom is -0.351 e. The summed E-state index contributed by atoms with van der Waals surface area (Å²) in [5.74, 6) is 0.312. The van der Waals surface area contributed by atoms with Crippen LogP contribution in [0.3, 0.4) is 0 Å². The van der Waals surface area contributed by atoms with Gasteiger partial charge in [0.25, 0.3) is 5.91 Å². The van der Waals surface area contributed by atoms with Gasteiger partial charge >= 0.3 is 0 Å². The molecule has 1 amide bonds. The Labute approximate surface area is 217 Å². The van der Waals surface area contributed by atoms with Crippen LogP contribution >= 0.6 is 0 Å². The van der Waals surface area contributed by atoms with E-state index in [9.17, 15) is 18.0 Å². The van der Waals surface area contributed by atoms with Gasteiger partial charge in [0, 0.05) is 43.1 Å². The number of likely N-dealkylation sites (tertiary alicyclic amines) is 1. The third kappa shape index (κ3) is 5.95. The molecule has 0 spiro atoms. The highest BCUT2D eigenvalue weighted by Crippen LogP contribution is 2.25. The molecule has 0 saturated carbocycles. The van der Waals surface area contributed by atoms with E-state index < -0.39 is 15.6 Å². The van der Waals surface area contributed by atoms with Gasteiger partial charge in [0.2, 0.25) is 15.6 Å². The molecule has 2 aromatic carbocycles. The Kier molecular flexibility index (Phi) is 7.73. The first-order valence-corrected chi connectivity index (χ1v) is 14.6. The van der Waals surface area contributed by atoms with Crippen LogP contribution in [0.1, 0.15) is 41.6 Å². The second-order valence-corrected chi connectivity index (χ2v) is 12.0. The monoisotopic (exact) mass is 522 g/mol. The summed E-state index contributed by atoms with van der Waals surface area (Å²) >= 11 is 0. The molecule has 1 aromatic heterocycles. The summed E-state index contributed by atoms with van der Waals surface area (Å²) in [5.41, 5.74) is 1.63. The maximum atomic E-state index is 13.1. The van der Waals surface area contributed by atoms with Crippen molar-refractivity contribution in [2.24, 2.45) is 5.92 Å². The van der Waals surface area contributed by atoms with E-state index in [2.05, 4.69) is 39.5 Å². The molecule has 2 aliphatic rings. The number of hydrogen-bond donors (Lipinski definition) is 2. The highest BCUT2D eigenvalue weighted by Gasteiger charge is 2.28. The average Bonchev–Trinajstić information content (AvgIpc) is 3.46. The lowest BCUT2D eigenvalue weighted by molar-refractivity contribution is 0.0945. The van der Waals surface area contributed by atoms with Gasteiger partial charge in [-0.15, -0.1) is 0 Å². The molecule has 2 N–H and O–H groups in total. The van der Waals surface area contributed by atoms with Crippen molar-refractivity contribution in [3.63, 3.8) is 0 Å². The minimum absolute atomic E-state index is 0.140. The molecular formula is C28H34N4O4S. The van der Waals surface area contributed by atoms with Crippen LogP contribution in [0.4, 0.5) is 0 Å². The van der Waals surface area contributed by atoms with E-state index in [1.54, 1.807) is 6.07 Å². The topological polar surface area (TPSA) is 103 Å². The summed E-state index contributed by atoms with van der Waals surface area (Å²) in [6, 6.07) is 16.4. The fourth-order valence-electron chi connectivity index (χ4n) is 5.44. The van der Waals surface area contributed by atoms with Gasteiger partial charge in [-0.3, -0.25) is 9.59 Å². The smallest absolute Gasteiger partial charge is 0.252 e. The molecule has 0 radical (unpaired) electrons. The number of nitrogens with one attached hydrogen (secondary N) is 2. The van der Waals surface area contributed by atoms with Crippen molar-refractivity contribution < 1.29 is 13.2 Å². The summed E-state index contributed by atoms with van der Waals surface area (Å²) < 4.78 is 27.6. The third-order valence-corrected chi connectivity index (χ3v) is 9.44. The fraction of sp³-hybridized carbons (Fsp3) is 0.429. The number of benzene rings is 2. The predicted octanol–water partition coefficient (Wildman–Crippen LogP) is 3.00. The normalized spacial score (nSPS) is 17.8. The van der Waals surface area contributed by atoms with Crippen molar-refractivity contribution in [3.8, 4) is 0 Å². The number of rotatable bonds is 8. The van der Waals surface area contributed by atoms with Crippen molar-refractivity contribution >= 4 is 26.8 Å². The Morgan fingerprint density at radius 2 is 1.70 bits per heavy atom. The summed E-state index contributed by atoms with van der Waals surface area (Å²) in [6.45, 7) is 4.20. The lowest BCUT2D eigenvalue weighted by atomic mass is 9.90. The van der Waals surface area contributed by atoms with E-state index in [-0.39, 0.29) is 16.4 Å². The zero-order valence-corrected chi connectivity index (χ0v) is 21.8. The third-order valence-electron chi connectivity index (χ3n) is 7.55. The number of piperidine rings is 1. The van der Waals surface area contributed by atoms with Crippen molar-refractivity contribution in [3.05, 3.63) is 76.1 Å². The van der Waals surface area contributed by atoms with Crippen LogP contribution in [0.5, 0.6) is 0 Å². The number of aromatic nitrogens is 1. The van der Waals surface area contributed by atoms with Crippen molar-refractivity contribution in [1.82, 2.24) is 19.5 Å². The average molecular weight is 523 g/mol. The quantitative estimate of drug-likeness (QED) is 0.474. The lowest BCUT2D eigenvalue weighted by Crippen LogP contribution is -2.40. The van der Waals surface area contributed by atoms with Crippen LogP contribution in [-0.4, -0.2) is 67.8 Å². The number of carbonyl (C=O) groups is 1. The number of pyridine rings is 1. The molecular weight excluding hydrogens is 488 g/mol. The van der Waals surface area contributed by atoms with Gasteiger partial charge in [0.1, 0.15) is 0 Å². The van der Waals surface area contributed by atoms with Gasteiger partial charge < -0.3 is 15.2 Å². The largest absolute Gasteiger partial charge is 0.351 e. The molecule has 196 valence electrons. The standard InChI is InChI=1S/C28H34N4O4S/c33-27-20-25(24-19-23(8-9-26(24)30-27)37(35,36)32-13-4-5-14-32)28(34)29-12-17-31-15-10-22(11-16-31)18-21-6-2-1-3-7-21/h1-3,6-9,19-20,22H,4-5,10-18H2,(H,29,34)(H,30,33). The highest BCUT2D eigenvalue weighted by molar-refractivity contribution is 7.89. The van der Waals surface area contributed by atoms with E-state index in [0.717, 1.165) is 51.7 Å². The van der Waals surface area contributed by atoms with Gasteiger partial charge in [0.05, 0.1) is 10.5 Å². The van der Waals surface area contributed by atoms with E-state index in [1.807, 2.05) is 6.07 Å². The highest BCUT2D eigenvalue weighted by atomic mass is 32.2. The summed E-state index contributed by atoms with van der Waals surface area (Å²) in [5, 5.41) is 3.37. The first kappa shape index (κ1) is 25.6. The van der Waals surface area contributed by atoms with Crippen LogP contribution in [0.25, 0.3) is 10.9 Å². The number of amides is 1. The summed E-state index contributed by atoms with van der Waals surface area (Å²) in [6.07, 6.45) is 5.07. The minimum atomic E-state index is -3.64. The predicted molar refractivity (Wildman–Crippen MR) is 144 cm³/mol. The van der Waals surface area contributed by atoms with Crippen LogP contribution < -0.4 is 10.9 Å². The van der Waals surface area contributed by atoms with Crippen molar-refractivity contribution in [2.45, 2.75) is 37.0 Å². The molecule has 0 atom stereocenters. The van der Waals surface area contributed by atoms with E-state index >= 15 is 0 Å². The van der Waals surface area contributed by atoms with Gasteiger partial charge in [-0.05, 0) is 74.9 Å². The molecule has 9 heteroatoms. The van der Waals surface area contributed by atoms with Gasteiger partial charge in [-0.25, -0.2) is 8.42 Å². The van der Waals surface area contributed by atoms with E-state index in [4.69, 9.17) is 0 Å². The van der Waals surface area contributed by atoms with Crippen LogP contribution in [0.2, 0.25) is 0 Å². The number of fused-ring (bicyclic) bond motifs is 1. The Morgan fingerprint density at radius 3 is 2.43 bits per heavy atom. The molecule has 2 saturated heterocycles. The number of H-pyrrole nitrogens is 1. The number of sulfonamides is 1. The Bertz CT molecular complexity index is 1410. The van der Waals surface area contributed by atoms with E-state index in [1.165, 1.54) is 28.1 Å². The first-order valence-electron chi connectivity index (χ1n) is 13.1. The molecule has 0 bridgehead atoms. The maximum Gasteiger partial charge on any atom is 0.252 e. The maximum absolute atomic E-state index is 13.1.